The molecule has 0 amide bonds. The lowest BCUT2D eigenvalue weighted by molar-refractivity contribution is 0.142. The second-order valence-electron chi connectivity index (χ2n) is 3.78. The lowest BCUT2D eigenvalue weighted by atomic mass is 10.1. The first kappa shape index (κ1) is 11.7. The highest BCUT2D eigenvalue weighted by Gasteiger charge is 2.08. The van der Waals surface area contributed by atoms with Gasteiger partial charge in [0.05, 0.1) is 0 Å². The lowest BCUT2D eigenvalue weighted by Gasteiger charge is -2.08. The van der Waals surface area contributed by atoms with E-state index in [-0.39, 0.29) is 5.82 Å². The Morgan fingerprint density at radius 3 is 2.27 bits per heavy atom. The molecule has 2 nitrogen and oxygen atoms in total. The summed E-state index contributed by atoms with van der Waals surface area (Å²) in [5, 5.41) is 18.9. The van der Waals surface area contributed by atoms with Crippen molar-refractivity contribution in [3.05, 3.63) is 35.6 Å². The number of halogens is 1. The first-order valence-corrected chi connectivity index (χ1v) is 4.57. The van der Waals surface area contributed by atoms with E-state index in [9.17, 15) is 14.6 Å². The quantitative estimate of drug-likeness (QED) is 0.689. The molecule has 0 unspecified atom stereocenters. The van der Waals surface area contributed by atoms with E-state index in [1.165, 1.54) is 38.1 Å². The van der Waals surface area contributed by atoms with Crippen LogP contribution < -0.4 is 0 Å². The number of hydrogen-bond acceptors (Lipinski definition) is 2. The first-order chi connectivity index (χ1) is 6.88. The van der Waals surface area contributed by atoms with Gasteiger partial charge in [-0.15, -0.1) is 0 Å². The summed E-state index contributed by atoms with van der Waals surface area (Å²) in [6.45, 7) is 3.05. The molecule has 1 aromatic rings. The molecule has 1 aromatic carbocycles. The van der Waals surface area contributed by atoms with Gasteiger partial charge in [-0.2, -0.15) is 0 Å². The lowest BCUT2D eigenvalue weighted by Crippen LogP contribution is -2.15. The highest BCUT2D eigenvalue weighted by Crippen LogP contribution is 2.12. The minimum absolute atomic E-state index is 0.360. The van der Waals surface area contributed by atoms with Crippen molar-refractivity contribution in [2.75, 3.05) is 0 Å². The zero-order chi connectivity index (χ0) is 11.5. The van der Waals surface area contributed by atoms with Crippen LogP contribution in [0.3, 0.4) is 0 Å². The molecule has 15 heavy (non-hydrogen) atoms. The Balaban J connectivity index is 2.80. The van der Waals surface area contributed by atoms with Gasteiger partial charge < -0.3 is 10.2 Å². The third kappa shape index (κ3) is 4.11. The molecule has 0 saturated carbocycles. The Kier molecular flexibility index (Phi) is 3.46. The standard InChI is InChI=1S/C12H13FO2/c1-12(2,15)8-7-11(14)9-3-5-10(13)6-4-9/h3-6,11,14-15H,1-2H3/t11-/m0/s1. The van der Waals surface area contributed by atoms with E-state index in [0.717, 1.165) is 0 Å². The number of benzene rings is 1. The van der Waals surface area contributed by atoms with Crippen molar-refractivity contribution < 1.29 is 14.6 Å². The smallest absolute Gasteiger partial charge is 0.140 e. The molecule has 3 heteroatoms. The van der Waals surface area contributed by atoms with Gasteiger partial charge in [-0.05, 0) is 31.5 Å². The SMILES string of the molecule is CC(C)(O)C#C[C@H](O)c1ccc(F)cc1. The Bertz CT molecular complexity index is 379. The monoisotopic (exact) mass is 208 g/mol. The van der Waals surface area contributed by atoms with E-state index in [1.807, 2.05) is 0 Å². The molecule has 0 aromatic heterocycles. The molecule has 1 rings (SSSR count). The average Bonchev–Trinajstić information content (AvgIpc) is 2.14. The maximum atomic E-state index is 12.6. The van der Waals surface area contributed by atoms with E-state index in [2.05, 4.69) is 11.8 Å². The minimum atomic E-state index is -1.14. The third-order valence-electron chi connectivity index (χ3n) is 1.70. The van der Waals surface area contributed by atoms with Crippen molar-refractivity contribution in [1.82, 2.24) is 0 Å². The summed E-state index contributed by atoms with van der Waals surface area (Å²) < 4.78 is 12.6. The molecule has 1 atom stereocenters. The topological polar surface area (TPSA) is 40.5 Å². The average molecular weight is 208 g/mol. The number of aliphatic hydroxyl groups is 2. The van der Waals surface area contributed by atoms with Crippen LogP contribution in [-0.2, 0) is 0 Å². The van der Waals surface area contributed by atoms with Crippen LogP contribution >= 0.6 is 0 Å². The summed E-state index contributed by atoms with van der Waals surface area (Å²) in [4.78, 5) is 0. The van der Waals surface area contributed by atoms with Gasteiger partial charge in [0.1, 0.15) is 17.5 Å². The molecule has 0 radical (unpaired) electrons. The largest absolute Gasteiger partial charge is 0.378 e. The predicted molar refractivity (Wildman–Crippen MR) is 55.4 cm³/mol. The van der Waals surface area contributed by atoms with Crippen molar-refractivity contribution in [2.45, 2.75) is 25.6 Å². The molecular weight excluding hydrogens is 195 g/mol. The van der Waals surface area contributed by atoms with Crippen LogP contribution in [0.5, 0.6) is 0 Å². The fourth-order valence-electron chi connectivity index (χ4n) is 0.973. The van der Waals surface area contributed by atoms with Gasteiger partial charge in [0.15, 0.2) is 0 Å². The molecule has 0 bridgehead atoms. The van der Waals surface area contributed by atoms with Gasteiger partial charge >= 0.3 is 0 Å². The number of aliphatic hydroxyl groups excluding tert-OH is 1. The van der Waals surface area contributed by atoms with Gasteiger partial charge in [0.2, 0.25) is 0 Å². The highest BCUT2D eigenvalue weighted by molar-refractivity contribution is 5.26. The van der Waals surface area contributed by atoms with Gasteiger partial charge in [-0.25, -0.2) is 4.39 Å². The molecule has 0 aliphatic carbocycles. The van der Waals surface area contributed by atoms with Crippen LogP contribution in [0.1, 0.15) is 25.5 Å². The molecule has 0 spiro atoms. The minimum Gasteiger partial charge on any atom is -0.378 e. The molecule has 0 heterocycles. The van der Waals surface area contributed by atoms with E-state index in [4.69, 9.17) is 0 Å². The molecule has 2 N–H and O–H groups in total. The molecule has 0 aliphatic rings. The summed E-state index contributed by atoms with van der Waals surface area (Å²) in [5.41, 5.74) is -0.630. The second kappa shape index (κ2) is 4.43. The predicted octanol–water partition coefficient (Wildman–Crippen LogP) is 1.63. The van der Waals surface area contributed by atoms with Crippen molar-refractivity contribution >= 4 is 0 Å². The van der Waals surface area contributed by atoms with Gasteiger partial charge in [0, 0.05) is 0 Å². The highest BCUT2D eigenvalue weighted by atomic mass is 19.1. The van der Waals surface area contributed by atoms with Crippen molar-refractivity contribution in [1.29, 1.82) is 0 Å². The van der Waals surface area contributed by atoms with Crippen LogP contribution in [-0.4, -0.2) is 15.8 Å². The summed E-state index contributed by atoms with van der Waals surface area (Å²) >= 11 is 0. The van der Waals surface area contributed by atoms with E-state index in [1.54, 1.807) is 0 Å². The zero-order valence-corrected chi connectivity index (χ0v) is 8.66. The molecule has 0 saturated heterocycles. The van der Waals surface area contributed by atoms with E-state index >= 15 is 0 Å². The molecule has 80 valence electrons. The Morgan fingerprint density at radius 1 is 1.27 bits per heavy atom. The van der Waals surface area contributed by atoms with Gasteiger partial charge in [-0.1, -0.05) is 24.0 Å². The fourth-order valence-corrected chi connectivity index (χ4v) is 0.973. The Morgan fingerprint density at radius 2 is 1.80 bits per heavy atom. The van der Waals surface area contributed by atoms with Crippen molar-refractivity contribution in [3.63, 3.8) is 0 Å². The van der Waals surface area contributed by atoms with Crippen molar-refractivity contribution in [3.8, 4) is 11.8 Å². The van der Waals surface area contributed by atoms with Gasteiger partial charge in [0.25, 0.3) is 0 Å². The third-order valence-corrected chi connectivity index (χ3v) is 1.70. The molecule has 0 fully saturated rings. The van der Waals surface area contributed by atoms with Crippen LogP contribution in [0, 0.1) is 17.7 Å². The molecular formula is C12H13FO2. The van der Waals surface area contributed by atoms with Crippen LogP contribution in [0.15, 0.2) is 24.3 Å². The summed E-state index contributed by atoms with van der Waals surface area (Å²) in [5.74, 6) is 4.63. The van der Waals surface area contributed by atoms with Crippen LogP contribution in [0.4, 0.5) is 4.39 Å². The van der Waals surface area contributed by atoms with Crippen LogP contribution in [0.25, 0.3) is 0 Å². The maximum Gasteiger partial charge on any atom is 0.140 e. The Labute approximate surface area is 88.4 Å². The maximum absolute atomic E-state index is 12.6. The van der Waals surface area contributed by atoms with E-state index in [0.29, 0.717) is 5.56 Å². The van der Waals surface area contributed by atoms with Crippen molar-refractivity contribution in [2.24, 2.45) is 0 Å². The fraction of sp³-hybridized carbons (Fsp3) is 0.333. The first-order valence-electron chi connectivity index (χ1n) is 4.57. The van der Waals surface area contributed by atoms with Crippen LogP contribution in [0.2, 0.25) is 0 Å². The summed E-state index contributed by atoms with van der Waals surface area (Å²) in [6.07, 6.45) is -1.00. The zero-order valence-electron chi connectivity index (χ0n) is 8.66. The van der Waals surface area contributed by atoms with E-state index < -0.39 is 11.7 Å². The summed E-state index contributed by atoms with van der Waals surface area (Å²) in [6, 6.07) is 5.42. The normalized spacial score (nSPS) is 12.9. The number of rotatable bonds is 1. The Hall–Kier alpha value is -1.37. The summed E-state index contributed by atoms with van der Waals surface area (Å²) in [7, 11) is 0. The van der Waals surface area contributed by atoms with Gasteiger partial charge in [-0.3, -0.25) is 0 Å². The second-order valence-corrected chi connectivity index (χ2v) is 3.78. The molecule has 0 aliphatic heterocycles. The number of hydrogen-bond donors (Lipinski definition) is 2.